The predicted octanol–water partition coefficient (Wildman–Crippen LogP) is 7.28. The predicted molar refractivity (Wildman–Crippen MR) is 173 cm³/mol. The van der Waals surface area contributed by atoms with Gasteiger partial charge in [0.15, 0.2) is 6.29 Å². The largest absolute Gasteiger partial charge is 0.493 e. The fraction of sp³-hybridized carbons (Fsp3) is 0.405. The molecule has 4 aromatic rings. The van der Waals surface area contributed by atoms with Gasteiger partial charge in [0.05, 0.1) is 29.9 Å². The van der Waals surface area contributed by atoms with E-state index < -0.39 is 23.9 Å². The molecular formula is C37H44N2O5. The molecule has 2 heterocycles. The van der Waals surface area contributed by atoms with Crippen LogP contribution >= 0.6 is 0 Å². The topological polar surface area (TPSA) is 85.0 Å². The number of aromatic nitrogens is 1. The molecule has 3 aromatic carbocycles. The van der Waals surface area contributed by atoms with Gasteiger partial charge in [-0.15, -0.1) is 0 Å². The van der Waals surface area contributed by atoms with Gasteiger partial charge in [0.2, 0.25) is 11.8 Å². The van der Waals surface area contributed by atoms with Crippen LogP contribution in [0.3, 0.4) is 0 Å². The van der Waals surface area contributed by atoms with Crippen LogP contribution in [0.2, 0.25) is 0 Å². The van der Waals surface area contributed by atoms with E-state index in [1.54, 1.807) is 4.90 Å². The lowest BCUT2D eigenvalue weighted by Crippen LogP contribution is -2.67. The molecule has 1 fully saturated rings. The van der Waals surface area contributed by atoms with Gasteiger partial charge in [-0.25, -0.2) is 4.98 Å². The van der Waals surface area contributed by atoms with Crippen molar-refractivity contribution in [1.29, 1.82) is 0 Å². The number of oxazole rings is 1. The Labute approximate surface area is 260 Å². The van der Waals surface area contributed by atoms with Gasteiger partial charge in [-0.2, -0.15) is 0 Å². The minimum Gasteiger partial charge on any atom is -0.493 e. The summed E-state index contributed by atoms with van der Waals surface area (Å²) in [5, 5.41) is 11.2. The van der Waals surface area contributed by atoms with Crippen LogP contribution in [-0.4, -0.2) is 40.5 Å². The number of anilines is 1. The highest BCUT2D eigenvalue weighted by Gasteiger charge is 2.52. The zero-order valence-corrected chi connectivity index (χ0v) is 26.8. The van der Waals surface area contributed by atoms with Gasteiger partial charge in [-0.05, 0) is 87.1 Å². The average molecular weight is 597 g/mol. The highest BCUT2D eigenvalue weighted by atomic mass is 16.6. The molecule has 3 atom stereocenters. The molecule has 232 valence electrons. The van der Waals surface area contributed by atoms with Crippen molar-refractivity contribution in [3.63, 3.8) is 0 Å². The molecule has 1 saturated heterocycles. The number of hydrogen-bond acceptors (Lipinski definition) is 6. The number of ether oxygens (including phenoxy) is 2. The number of carbonyl (C=O) groups excluding carboxylic acids is 1. The lowest BCUT2D eigenvalue weighted by molar-refractivity contribution is -0.194. The molecule has 0 spiro atoms. The first kappa shape index (κ1) is 31.5. The second-order valence-electron chi connectivity index (χ2n) is 13.6. The lowest BCUT2D eigenvalue weighted by Gasteiger charge is -2.50. The summed E-state index contributed by atoms with van der Waals surface area (Å²) in [5.74, 6) is 1.65. The molecule has 0 aliphatic carbocycles. The van der Waals surface area contributed by atoms with Gasteiger partial charge >= 0.3 is 0 Å². The third-order valence-corrected chi connectivity index (χ3v) is 7.92. The molecule has 5 rings (SSSR count). The van der Waals surface area contributed by atoms with Crippen molar-refractivity contribution >= 4 is 11.6 Å². The van der Waals surface area contributed by atoms with E-state index >= 15 is 0 Å². The Balaban J connectivity index is 1.26. The van der Waals surface area contributed by atoms with Crippen molar-refractivity contribution in [3.8, 4) is 17.2 Å². The number of hydrogen-bond donors (Lipinski definition) is 1. The number of amides is 1. The second-order valence-corrected chi connectivity index (χ2v) is 13.6. The summed E-state index contributed by atoms with van der Waals surface area (Å²) >= 11 is 0. The van der Waals surface area contributed by atoms with E-state index in [9.17, 15) is 9.90 Å². The molecule has 1 aliphatic heterocycles. The fourth-order valence-corrected chi connectivity index (χ4v) is 5.60. The Morgan fingerprint density at radius 3 is 2.32 bits per heavy atom. The van der Waals surface area contributed by atoms with Gasteiger partial charge in [0.1, 0.15) is 11.5 Å². The van der Waals surface area contributed by atoms with Crippen molar-refractivity contribution in [1.82, 2.24) is 4.98 Å². The van der Waals surface area contributed by atoms with E-state index in [1.165, 1.54) is 5.56 Å². The maximum Gasteiger partial charge on any atom is 0.233 e. The number of carbonyl (C=O) groups is 1. The van der Waals surface area contributed by atoms with E-state index in [0.29, 0.717) is 25.3 Å². The van der Waals surface area contributed by atoms with Gasteiger partial charge < -0.3 is 23.9 Å². The summed E-state index contributed by atoms with van der Waals surface area (Å²) < 4.78 is 18.0. The summed E-state index contributed by atoms with van der Waals surface area (Å²) in [5.41, 5.74) is 4.14. The van der Waals surface area contributed by atoms with Crippen LogP contribution < -0.4 is 9.64 Å². The maximum absolute atomic E-state index is 13.6. The zero-order chi connectivity index (χ0) is 31.6. The Hall–Kier alpha value is -3.94. The number of nitrogens with zero attached hydrogens (tertiary/aromatic N) is 2. The van der Waals surface area contributed by atoms with Crippen LogP contribution in [0.4, 0.5) is 5.69 Å². The maximum atomic E-state index is 13.6. The van der Waals surface area contributed by atoms with E-state index in [0.717, 1.165) is 34.0 Å². The van der Waals surface area contributed by atoms with Crippen LogP contribution in [0.25, 0.3) is 11.5 Å². The fourth-order valence-electron chi connectivity index (χ4n) is 5.60. The zero-order valence-electron chi connectivity index (χ0n) is 26.8. The number of aliphatic hydroxyl groups excluding tert-OH is 1. The minimum absolute atomic E-state index is 0.000335. The van der Waals surface area contributed by atoms with Crippen LogP contribution in [0.1, 0.15) is 64.1 Å². The summed E-state index contributed by atoms with van der Waals surface area (Å²) in [6.07, 6.45) is -0.0644. The first-order chi connectivity index (χ1) is 20.8. The number of aryl methyl sites for hydroxylation is 1. The molecule has 7 heteroatoms. The molecule has 0 saturated carbocycles. The minimum atomic E-state index is -1.13. The molecular weight excluding hydrogens is 552 g/mol. The SMILES string of the molecule is Cc1oc(-c2ccccc2)nc1CCOc1cccc(C[C@@H]2C(=O)N(c3ccc(C(C)(C)C)cc3)[C@@H]2[C@@H](O)OC(C)(C)C)c1. The van der Waals surface area contributed by atoms with Crippen LogP contribution in [0, 0.1) is 12.8 Å². The highest BCUT2D eigenvalue weighted by Crippen LogP contribution is 2.39. The lowest BCUT2D eigenvalue weighted by atomic mass is 9.80. The number of rotatable bonds is 10. The summed E-state index contributed by atoms with van der Waals surface area (Å²) in [6.45, 7) is 14.5. The average Bonchev–Trinajstić information content (AvgIpc) is 3.34. The molecule has 1 aliphatic rings. The van der Waals surface area contributed by atoms with E-state index in [2.05, 4.69) is 25.8 Å². The molecule has 1 aromatic heterocycles. The third-order valence-electron chi connectivity index (χ3n) is 7.92. The Kier molecular flexibility index (Phi) is 9.00. The standard InChI is InChI=1S/C37H44N2O5/c1-24-31(38-33(43-24)26-13-9-8-10-14-26)20-21-42-29-15-11-12-25(22-29)23-30-32(35(41)44-37(5,6)7)39(34(30)40)28-18-16-27(17-19-28)36(2,3)4/h8-19,22,30,32,35,41H,20-21,23H2,1-7H3/t30-,32-,35-/m0/s1. The number of aliphatic hydroxyl groups is 1. The van der Waals surface area contributed by atoms with Gasteiger partial charge in [-0.1, -0.05) is 63.2 Å². The number of β-lactam (4-membered cyclic amide) rings is 1. The Morgan fingerprint density at radius 1 is 0.955 bits per heavy atom. The van der Waals surface area contributed by atoms with E-state index in [-0.39, 0.29) is 11.3 Å². The molecule has 44 heavy (non-hydrogen) atoms. The van der Waals surface area contributed by atoms with E-state index in [4.69, 9.17) is 13.9 Å². The van der Waals surface area contributed by atoms with Crippen LogP contribution in [-0.2, 0) is 27.8 Å². The second kappa shape index (κ2) is 12.6. The number of benzene rings is 3. The molecule has 0 bridgehead atoms. The summed E-state index contributed by atoms with van der Waals surface area (Å²) in [7, 11) is 0. The molecule has 0 radical (unpaired) electrons. The molecule has 0 unspecified atom stereocenters. The van der Waals surface area contributed by atoms with Crippen molar-refractivity contribution < 1.29 is 23.8 Å². The van der Waals surface area contributed by atoms with Crippen molar-refractivity contribution in [2.24, 2.45) is 5.92 Å². The van der Waals surface area contributed by atoms with Crippen LogP contribution in [0.15, 0.2) is 83.3 Å². The van der Waals surface area contributed by atoms with Crippen molar-refractivity contribution in [2.45, 2.75) is 84.7 Å². The quantitative estimate of drug-likeness (QED) is 0.153. The van der Waals surface area contributed by atoms with Crippen molar-refractivity contribution in [2.75, 3.05) is 11.5 Å². The van der Waals surface area contributed by atoms with Crippen LogP contribution in [0.5, 0.6) is 5.75 Å². The van der Waals surface area contributed by atoms with Gasteiger partial charge in [0.25, 0.3) is 0 Å². The third kappa shape index (κ3) is 7.22. The summed E-state index contributed by atoms with van der Waals surface area (Å²) in [6, 6.07) is 25.1. The normalized spacial score (nSPS) is 17.8. The Bertz CT molecular complexity index is 1560. The molecule has 1 N–H and O–H groups in total. The Morgan fingerprint density at radius 2 is 1.66 bits per heavy atom. The van der Waals surface area contributed by atoms with E-state index in [1.807, 2.05) is 107 Å². The smallest absolute Gasteiger partial charge is 0.233 e. The van der Waals surface area contributed by atoms with Gasteiger partial charge in [-0.3, -0.25) is 4.79 Å². The molecule has 1 amide bonds. The first-order valence-corrected chi connectivity index (χ1v) is 15.3. The first-order valence-electron chi connectivity index (χ1n) is 15.3. The highest BCUT2D eigenvalue weighted by molar-refractivity contribution is 6.03. The monoisotopic (exact) mass is 596 g/mol. The summed E-state index contributed by atoms with van der Waals surface area (Å²) in [4.78, 5) is 19.9. The van der Waals surface area contributed by atoms with Crippen molar-refractivity contribution in [3.05, 3.63) is 101 Å². The van der Waals surface area contributed by atoms with Gasteiger partial charge in [0, 0.05) is 17.7 Å². The molecule has 7 nitrogen and oxygen atoms in total.